The lowest BCUT2D eigenvalue weighted by atomic mass is 10.1. The Labute approximate surface area is 113 Å². The molecule has 20 heavy (non-hydrogen) atoms. The van der Waals surface area contributed by atoms with Crippen LogP contribution in [-0.2, 0) is 4.79 Å². The van der Waals surface area contributed by atoms with Crippen molar-refractivity contribution in [1.82, 2.24) is 0 Å². The van der Waals surface area contributed by atoms with Crippen LogP contribution in [0, 0.1) is 20.2 Å². The molecule has 9 nitrogen and oxygen atoms in total. The average molecular weight is 283 g/mol. The van der Waals surface area contributed by atoms with Gasteiger partial charge >= 0.3 is 5.97 Å². The smallest absolute Gasteiger partial charge is 0.326 e. The summed E-state index contributed by atoms with van der Waals surface area (Å²) in [7, 11) is 0. The number of hydrogen-bond donors (Lipinski definition) is 2. The Morgan fingerprint density at radius 3 is 2.45 bits per heavy atom. The van der Waals surface area contributed by atoms with Crippen molar-refractivity contribution in [2.24, 2.45) is 0 Å². The van der Waals surface area contributed by atoms with E-state index in [0.717, 1.165) is 18.2 Å². The molecule has 108 valence electrons. The van der Waals surface area contributed by atoms with E-state index in [1.54, 1.807) is 6.92 Å². The lowest BCUT2D eigenvalue weighted by molar-refractivity contribution is -0.393. The zero-order valence-corrected chi connectivity index (χ0v) is 10.6. The summed E-state index contributed by atoms with van der Waals surface area (Å²) in [5.41, 5.74) is -1.01. The third-order valence-electron chi connectivity index (χ3n) is 2.59. The predicted octanol–water partition coefficient (Wildman–Crippen LogP) is 2.17. The van der Waals surface area contributed by atoms with E-state index in [-0.39, 0.29) is 12.1 Å². The van der Waals surface area contributed by atoms with Crippen LogP contribution in [0.25, 0.3) is 0 Å². The molecule has 0 amide bonds. The monoisotopic (exact) mass is 283 g/mol. The van der Waals surface area contributed by atoms with Crippen molar-refractivity contribution < 1.29 is 19.7 Å². The van der Waals surface area contributed by atoms with E-state index in [0.29, 0.717) is 6.42 Å². The highest BCUT2D eigenvalue weighted by molar-refractivity contribution is 5.79. The summed E-state index contributed by atoms with van der Waals surface area (Å²) in [5, 5.41) is 33.0. The summed E-state index contributed by atoms with van der Waals surface area (Å²) >= 11 is 0. The molecule has 0 heterocycles. The molecular formula is C11H13N3O6. The van der Waals surface area contributed by atoms with Gasteiger partial charge in [0.05, 0.1) is 15.9 Å². The third-order valence-corrected chi connectivity index (χ3v) is 2.59. The largest absolute Gasteiger partial charge is 0.480 e. The van der Waals surface area contributed by atoms with Gasteiger partial charge in [-0.3, -0.25) is 20.2 Å². The summed E-state index contributed by atoms with van der Waals surface area (Å²) in [6, 6.07) is 2.04. The van der Waals surface area contributed by atoms with E-state index in [4.69, 9.17) is 5.11 Å². The van der Waals surface area contributed by atoms with Crippen LogP contribution in [-0.4, -0.2) is 27.0 Å². The van der Waals surface area contributed by atoms with E-state index in [1.165, 1.54) is 0 Å². The fraction of sp³-hybridized carbons (Fsp3) is 0.364. The van der Waals surface area contributed by atoms with Crippen LogP contribution in [0.15, 0.2) is 18.2 Å². The molecule has 0 aliphatic carbocycles. The van der Waals surface area contributed by atoms with Gasteiger partial charge in [-0.05, 0) is 12.5 Å². The molecule has 0 fully saturated rings. The molecular weight excluding hydrogens is 270 g/mol. The van der Waals surface area contributed by atoms with Crippen molar-refractivity contribution in [2.45, 2.75) is 25.8 Å². The van der Waals surface area contributed by atoms with E-state index in [9.17, 15) is 25.0 Å². The number of nitrogens with one attached hydrogen (secondary N) is 1. The minimum atomic E-state index is -1.14. The molecule has 1 unspecified atom stereocenters. The number of aliphatic carboxylic acids is 1. The van der Waals surface area contributed by atoms with Gasteiger partial charge in [0.25, 0.3) is 11.4 Å². The fourth-order valence-corrected chi connectivity index (χ4v) is 1.64. The molecule has 0 saturated carbocycles. The van der Waals surface area contributed by atoms with E-state index >= 15 is 0 Å². The number of nitro groups is 2. The Morgan fingerprint density at radius 2 is 2.00 bits per heavy atom. The lowest BCUT2D eigenvalue weighted by Crippen LogP contribution is -2.29. The van der Waals surface area contributed by atoms with Crippen LogP contribution in [0.5, 0.6) is 0 Å². The third kappa shape index (κ3) is 3.64. The maximum absolute atomic E-state index is 11.0. The molecule has 1 aromatic rings. The highest BCUT2D eigenvalue weighted by atomic mass is 16.6. The van der Waals surface area contributed by atoms with Gasteiger partial charge < -0.3 is 10.4 Å². The van der Waals surface area contributed by atoms with Crippen molar-refractivity contribution in [3.05, 3.63) is 38.4 Å². The second kappa shape index (κ2) is 6.45. The summed E-state index contributed by atoms with van der Waals surface area (Å²) in [6.45, 7) is 1.78. The number of nitrogens with zero attached hydrogens (tertiary/aromatic N) is 2. The predicted molar refractivity (Wildman–Crippen MR) is 69.7 cm³/mol. The number of benzene rings is 1. The number of anilines is 1. The summed E-state index contributed by atoms with van der Waals surface area (Å²) in [6.07, 6.45) is 0.855. The minimum Gasteiger partial charge on any atom is -0.480 e. The number of rotatable bonds is 7. The first-order valence-electron chi connectivity index (χ1n) is 5.79. The molecule has 9 heteroatoms. The van der Waals surface area contributed by atoms with Gasteiger partial charge in [0.1, 0.15) is 11.7 Å². The van der Waals surface area contributed by atoms with Gasteiger partial charge in [0, 0.05) is 6.07 Å². The topological polar surface area (TPSA) is 136 Å². The van der Waals surface area contributed by atoms with Crippen LogP contribution >= 0.6 is 0 Å². The van der Waals surface area contributed by atoms with Crippen LogP contribution in [0.4, 0.5) is 17.1 Å². The standard InChI is InChI=1S/C11H13N3O6/c1-2-3-9(11(15)16)12-8-5-4-7(13(17)18)6-10(8)14(19)20/h4-6,9,12H,2-3H2,1H3,(H,15,16). The van der Waals surface area contributed by atoms with Crippen molar-refractivity contribution >= 4 is 23.0 Å². The van der Waals surface area contributed by atoms with Crippen molar-refractivity contribution in [3.8, 4) is 0 Å². The molecule has 0 radical (unpaired) electrons. The first kappa shape index (κ1) is 15.3. The van der Waals surface area contributed by atoms with Crippen LogP contribution < -0.4 is 5.32 Å². The second-order valence-corrected chi connectivity index (χ2v) is 4.04. The molecule has 1 atom stereocenters. The van der Waals surface area contributed by atoms with Crippen LogP contribution in [0.1, 0.15) is 19.8 Å². The molecule has 1 aromatic carbocycles. The van der Waals surface area contributed by atoms with Crippen molar-refractivity contribution in [3.63, 3.8) is 0 Å². The molecule has 0 aromatic heterocycles. The summed E-state index contributed by atoms with van der Waals surface area (Å²) in [5.74, 6) is -1.14. The Morgan fingerprint density at radius 1 is 1.35 bits per heavy atom. The zero-order chi connectivity index (χ0) is 15.3. The molecule has 0 saturated heterocycles. The van der Waals surface area contributed by atoms with Gasteiger partial charge in [-0.2, -0.15) is 0 Å². The van der Waals surface area contributed by atoms with E-state index < -0.39 is 33.2 Å². The maximum Gasteiger partial charge on any atom is 0.326 e. The van der Waals surface area contributed by atoms with E-state index in [2.05, 4.69) is 5.32 Å². The lowest BCUT2D eigenvalue weighted by Gasteiger charge is -2.14. The average Bonchev–Trinajstić information content (AvgIpc) is 2.37. The van der Waals surface area contributed by atoms with Gasteiger partial charge in [0.15, 0.2) is 0 Å². The number of nitro benzene ring substituents is 2. The Kier molecular flexibility index (Phi) is 4.95. The molecule has 1 rings (SSSR count). The number of carbonyl (C=O) groups is 1. The number of carboxylic acid groups (broad SMARTS) is 1. The summed E-state index contributed by atoms with van der Waals surface area (Å²) < 4.78 is 0. The first-order chi connectivity index (χ1) is 9.36. The highest BCUT2D eigenvalue weighted by Gasteiger charge is 2.23. The zero-order valence-electron chi connectivity index (χ0n) is 10.6. The van der Waals surface area contributed by atoms with Crippen molar-refractivity contribution in [1.29, 1.82) is 0 Å². The van der Waals surface area contributed by atoms with Gasteiger partial charge in [-0.1, -0.05) is 13.3 Å². The molecule has 0 aliphatic heterocycles. The Balaban J connectivity index is 3.13. The van der Waals surface area contributed by atoms with Gasteiger partial charge in [-0.25, -0.2) is 4.79 Å². The second-order valence-electron chi connectivity index (χ2n) is 4.04. The van der Waals surface area contributed by atoms with Crippen LogP contribution in [0.3, 0.4) is 0 Å². The molecule has 0 spiro atoms. The molecule has 0 bridgehead atoms. The fourth-order valence-electron chi connectivity index (χ4n) is 1.64. The van der Waals surface area contributed by atoms with Crippen LogP contribution in [0.2, 0.25) is 0 Å². The quantitative estimate of drug-likeness (QED) is 0.578. The summed E-state index contributed by atoms with van der Waals surface area (Å²) in [4.78, 5) is 31.0. The maximum atomic E-state index is 11.0. The Hall–Kier alpha value is -2.71. The molecule has 0 aliphatic rings. The normalized spacial score (nSPS) is 11.7. The van der Waals surface area contributed by atoms with E-state index in [1.807, 2.05) is 0 Å². The van der Waals surface area contributed by atoms with Gasteiger partial charge in [-0.15, -0.1) is 0 Å². The Bertz CT molecular complexity index is 545. The minimum absolute atomic E-state index is 0.0542. The van der Waals surface area contributed by atoms with Crippen molar-refractivity contribution in [2.75, 3.05) is 5.32 Å². The SMILES string of the molecule is CCCC(Nc1ccc([N+](=O)[O-])cc1[N+](=O)[O-])C(=O)O. The highest BCUT2D eigenvalue weighted by Crippen LogP contribution is 2.29. The molecule has 2 N–H and O–H groups in total. The number of non-ortho nitro benzene ring substituents is 1. The number of hydrogen-bond acceptors (Lipinski definition) is 6. The first-order valence-corrected chi connectivity index (χ1v) is 5.79. The number of carboxylic acids is 1. The van der Waals surface area contributed by atoms with Gasteiger partial charge in [0.2, 0.25) is 0 Å².